The van der Waals surface area contributed by atoms with Gasteiger partial charge in [-0.1, -0.05) is 49.6 Å². The van der Waals surface area contributed by atoms with Crippen molar-refractivity contribution in [3.05, 3.63) is 65.2 Å². The van der Waals surface area contributed by atoms with E-state index in [0.717, 1.165) is 36.1 Å². The van der Waals surface area contributed by atoms with Gasteiger partial charge in [0.25, 0.3) is 15.9 Å². The van der Waals surface area contributed by atoms with Crippen LogP contribution in [0.25, 0.3) is 6.08 Å². The number of nitrogens with one attached hydrogen (secondary N) is 1. The van der Waals surface area contributed by atoms with Crippen LogP contribution in [0.3, 0.4) is 0 Å². The van der Waals surface area contributed by atoms with Gasteiger partial charge in [-0.25, -0.2) is 13.1 Å². The molecule has 2 rings (SSSR count). The highest BCUT2D eigenvalue weighted by atomic mass is 32.2. The third kappa shape index (κ3) is 6.23. The lowest BCUT2D eigenvalue weighted by molar-refractivity contribution is -0.115. The fourth-order valence-electron chi connectivity index (χ4n) is 2.68. The molecule has 0 spiro atoms. The van der Waals surface area contributed by atoms with E-state index in [1.807, 2.05) is 19.1 Å². The molecule has 0 bridgehead atoms. The topological polar surface area (TPSA) is 72.5 Å². The highest BCUT2D eigenvalue weighted by molar-refractivity contribution is 7.90. The molecule has 0 aromatic heterocycles. The highest BCUT2D eigenvalue weighted by Crippen LogP contribution is 2.18. The van der Waals surface area contributed by atoms with Gasteiger partial charge in [-0.05, 0) is 55.7 Å². The number of sulfonamides is 1. The molecule has 0 unspecified atom stereocenters. The molecule has 28 heavy (non-hydrogen) atoms. The smallest absolute Gasteiger partial charge is 0.264 e. The van der Waals surface area contributed by atoms with Crippen LogP contribution in [0.15, 0.2) is 59.0 Å². The van der Waals surface area contributed by atoms with Crippen LogP contribution < -0.4 is 9.46 Å². The second kappa shape index (κ2) is 10.1. The summed E-state index contributed by atoms with van der Waals surface area (Å²) in [5.41, 5.74) is 2.20. The van der Waals surface area contributed by atoms with Crippen molar-refractivity contribution in [2.24, 2.45) is 0 Å². The van der Waals surface area contributed by atoms with Crippen LogP contribution in [0.2, 0.25) is 0 Å². The van der Waals surface area contributed by atoms with Gasteiger partial charge < -0.3 is 4.74 Å². The zero-order valence-electron chi connectivity index (χ0n) is 16.6. The number of hydrogen-bond acceptors (Lipinski definition) is 4. The molecule has 0 atom stereocenters. The molecule has 0 fully saturated rings. The summed E-state index contributed by atoms with van der Waals surface area (Å²) in [6, 6.07) is 13.7. The molecule has 0 saturated carbocycles. The number of ether oxygens (including phenoxy) is 1. The number of unbranched alkanes of at least 4 members (excludes halogenated alkanes) is 2. The monoisotopic (exact) mass is 401 g/mol. The van der Waals surface area contributed by atoms with Crippen molar-refractivity contribution >= 4 is 22.0 Å². The van der Waals surface area contributed by atoms with Crippen molar-refractivity contribution in [3.8, 4) is 5.75 Å². The molecule has 1 amide bonds. The normalized spacial score (nSPS) is 11.9. The zero-order chi connectivity index (χ0) is 20.6. The molecule has 0 heterocycles. The van der Waals surface area contributed by atoms with Gasteiger partial charge in [0, 0.05) is 5.57 Å². The first-order chi connectivity index (χ1) is 13.4. The lowest BCUT2D eigenvalue weighted by Crippen LogP contribution is -2.31. The molecule has 6 heteroatoms. The van der Waals surface area contributed by atoms with Gasteiger partial charge in [-0.2, -0.15) is 0 Å². The van der Waals surface area contributed by atoms with Crippen LogP contribution in [-0.4, -0.2) is 21.4 Å². The minimum Gasteiger partial charge on any atom is -0.497 e. The highest BCUT2D eigenvalue weighted by Gasteiger charge is 2.20. The maximum atomic E-state index is 12.7. The number of benzene rings is 2. The van der Waals surface area contributed by atoms with Crippen molar-refractivity contribution in [3.63, 3.8) is 0 Å². The van der Waals surface area contributed by atoms with Crippen molar-refractivity contribution < 1.29 is 17.9 Å². The predicted molar refractivity (Wildman–Crippen MR) is 112 cm³/mol. The Hall–Kier alpha value is -2.60. The average Bonchev–Trinajstić information content (AvgIpc) is 2.68. The van der Waals surface area contributed by atoms with Crippen molar-refractivity contribution in [2.75, 3.05) is 7.11 Å². The first kappa shape index (κ1) is 21.7. The molecule has 150 valence electrons. The molecule has 0 aliphatic carbocycles. The van der Waals surface area contributed by atoms with Crippen molar-refractivity contribution in [1.29, 1.82) is 0 Å². The van der Waals surface area contributed by atoms with Crippen LogP contribution in [-0.2, 0) is 14.8 Å². The number of carbonyl (C=O) groups excluding carboxylic acids is 1. The van der Waals surface area contributed by atoms with E-state index in [1.165, 1.54) is 12.1 Å². The molecule has 5 nitrogen and oxygen atoms in total. The number of carbonyl (C=O) groups is 1. The van der Waals surface area contributed by atoms with Gasteiger partial charge in [-0.15, -0.1) is 0 Å². The number of aryl methyl sites for hydroxylation is 1. The molecule has 1 N–H and O–H groups in total. The van der Waals surface area contributed by atoms with Crippen molar-refractivity contribution in [1.82, 2.24) is 4.72 Å². The predicted octanol–water partition coefficient (Wildman–Crippen LogP) is 4.47. The fourth-order valence-corrected chi connectivity index (χ4v) is 3.67. The summed E-state index contributed by atoms with van der Waals surface area (Å²) >= 11 is 0. The van der Waals surface area contributed by atoms with E-state index in [-0.39, 0.29) is 4.90 Å². The van der Waals surface area contributed by atoms with Gasteiger partial charge in [0.15, 0.2) is 0 Å². The Morgan fingerprint density at radius 1 is 1.04 bits per heavy atom. The molecular formula is C22H27NO4S. The molecular weight excluding hydrogens is 374 g/mol. The minimum absolute atomic E-state index is 0.0730. The first-order valence-electron chi connectivity index (χ1n) is 9.34. The van der Waals surface area contributed by atoms with Crippen LogP contribution >= 0.6 is 0 Å². The third-order valence-corrected chi connectivity index (χ3v) is 5.70. The number of hydrogen-bond donors (Lipinski definition) is 1. The van der Waals surface area contributed by atoms with Crippen LogP contribution in [0.1, 0.15) is 43.7 Å². The number of rotatable bonds is 9. The Morgan fingerprint density at radius 2 is 1.68 bits per heavy atom. The molecule has 0 saturated heterocycles. The number of methoxy groups -OCH3 is 1. The largest absolute Gasteiger partial charge is 0.497 e. The van der Waals surface area contributed by atoms with Gasteiger partial charge in [0.05, 0.1) is 12.0 Å². The summed E-state index contributed by atoms with van der Waals surface area (Å²) in [5.74, 6) is 0.128. The maximum absolute atomic E-state index is 12.7. The summed E-state index contributed by atoms with van der Waals surface area (Å²) in [6.07, 6.45) is 5.04. The van der Waals surface area contributed by atoms with E-state index >= 15 is 0 Å². The first-order valence-corrected chi connectivity index (χ1v) is 10.8. The second-order valence-electron chi connectivity index (χ2n) is 6.65. The van der Waals surface area contributed by atoms with E-state index < -0.39 is 15.9 Å². The SMILES string of the molecule is CCCCC/C(=C\c1ccc(OC)cc1)C(=O)NS(=O)(=O)c1ccc(C)cc1. The van der Waals surface area contributed by atoms with Gasteiger partial charge in [-0.3, -0.25) is 4.79 Å². The molecule has 0 aliphatic rings. The van der Waals surface area contributed by atoms with Gasteiger partial charge >= 0.3 is 0 Å². The average molecular weight is 402 g/mol. The van der Waals surface area contributed by atoms with E-state index in [1.54, 1.807) is 37.5 Å². The van der Waals surface area contributed by atoms with Crippen LogP contribution in [0.5, 0.6) is 5.75 Å². The molecule has 0 aliphatic heterocycles. The van der Waals surface area contributed by atoms with E-state index in [4.69, 9.17) is 4.74 Å². The molecule has 2 aromatic rings. The maximum Gasteiger partial charge on any atom is 0.264 e. The summed E-state index contributed by atoms with van der Waals surface area (Å²) in [4.78, 5) is 12.8. The van der Waals surface area contributed by atoms with E-state index in [9.17, 15) is 13.2 Å². The Balaban J connectivity index is 2.24. The van der Waals surface area contributed by atoms with Crippen molar-refractivity contribution in [2.45, 2.75) is 44.4 Å². The summed E-state index contributed by atoms with van der Waals surface area (Å²) < 4.78 is 32.4. The zero-order valence-corrected chi connectivity index (χ0v) is 17.4. The lowest BCUT2D eigenvalue weighted by Gasteiger charge is -2.11. The van der Waals surface area contributed by atoms with Gasteiger partial charge in [0.1, 0.15) is 5.75 Å². The Kier molecular flexibility index (Phi) is 7.81. The fraction of sp³-hybridized carbons (Fsp3) is 0.318. The molecule has 0 radical (unpaired) electrons. The molecule has 2 aromatic carbocycles. The van der Waals surface area contributed by atoms with Crippen LogP contribution in [0, 0.1) is 6.92 Å². The lowest BCUT2D eigenvalue weighted by atomic mass is 10.0. The minimum atomic E-state index is -3.92. The summed E-state index contributed by atoms with van der Waals surface area (Å²) in [5, 5.41) is 0. The van der Waals surface area contributed by atoms with Gasteiger partial charge in [0.2, 0.25) is 0 Å². The summed E-state index contributed by atoms with van der Waals surface area (Å²) in [7, 11) is -2.33. The standard InChI is InChI=1S/C22H27NO4S/c1-4-5-6-7-19(16-18-10-12-20(27-3)13-11-18)22(24)23-28(25,26)21-14-8-17(2)9-15-21/h8-16H,4-7H2,1-3H3,(H,23,24)/b19-16+. The Bertz CT molecular complexity index is 914. The summed E-state index contributed by atoms with van der Waals surface area (Å²) in [6.45, 7) is 3.95. The van der Waals surface area contributed by atoms with E-state index in [2.05, 4.69) is 11.6 Å². The quantitative estimate of drug-likeness (QED) is 0.497. The number of amides is 1. The van der Waals surface area contributed by atoms with E-state index in [0.29, 0.717) is 12.0 Å². The third-order valence-electron chi connectivity index (χ3n) is 4.36. The second-order valence-corrected chi connectivity index (χ2v) is 8.33. The Morgan fingerprint density at radius 3 is 2.25 bits per heavy atom. The van der Waals surface area contributed by atoms with Crippen LogP contribution in [0.4, 0.5) is 0 Å². The Labute approximate surface area is 167 Å².